The Labute approximate surface area is 208 Å². The van der Waals surface area contributed by atoms with Crippen LogP contribution in [0.4, 0.5) is 10.1 Å². The van der Waals surface area contributed by atoms with Gasteiger partial charge in [-0.2, -0.15) is 0 Å². The Morgan fingerprint density at radius 3 is 2.29 bits per heavy atom. The number of nitrogens with one attached hydrogen (secondary N) is 1. The van der Waals surface area contributed by atoms with Gasteiger partial charge in [-0.25, -0.2) is 12.8 Å². The van der Waals surface area contributed by atoms with E-state index in [1.165, 1.54) is 29.2 Å². The second-order valence-corrected chi connectivity index (χ2v) is 11.1. The first-order valence-electron chi connectivity index (χ1n) is 11.7. The lowest BCUT2D eigenvalue weighted by Crippen LogP contribution is -2.48. The summed E-state index contributed by atoms with van der Waals surface area (Å²) in [6.07, 6.45) is 1.37. The van der Waals surface area contributed by atoms with Crippen LogP contribution in [0.25, 0.3) is 0 Å². The van der Waals surface area contributed by atoms with Crippen molar-refractivity contribution >= 4 is 27.5 Å². The molecule has 2 aromatic rings. The van der Waals surface area contributed by atoms with E-state index in [1.807, 2.05) is 45.0 Å². The van der Waals surface area contributed by atoms with E-state index in [-0.39, 0.29) is 43.7 Å². The molecule has 0 aliphatic carbocycles. The molecule has 0 radical (unpaired) electrons. The molecule has 0 unspecified atom stereocenters. The Hall–Kier alpha value is -2.94. The van der Waals surface area contributed by atoms with Crippen LogP contribution >= 0.6 is 0 Å². The van der Waals surface area contributed by atoms with E-state index in [1.54, 1.807) is 6.92 Å². The minimum Gasteiger partial charge on any atom is -0.354 e. The molecule has 0 heterocycles. The van der Waals surface area contributed by atoms with Crippen LogP contribution in [0.3, 0.4) is 0 Å². The fourth-order valence-corrected chi connectivity index (χ4v) is 4.62. The fraction of sp³-hybridized carbons (Fsp3) is 0.462. The van der Waals surface area contributed by atoms with Gasteiger partial charge in [-0.05, 0) is 56.0 Å². The molecule has 0 spiro atoms. The lowest BCUT2D eigenvalue weighted by Gasteiger charge is -2.30. The molecule has 2 amide bonds. The molecule has 1 atom stereocenters. The van der Waals surface area contributed by atoms with E-state index < -0.39 is 21.9 Å². The van der Waals surface area contributed by atoms with E-state index in [9.17, 15) is 22.4 Å². The number of benzene rings is 2. The monoisotopic (exact) mass is 505 g/mol. The number of carbonyl (C=O) groups excluding carboxylic acids is 2. The molecule has 0 fully saturated rings. The Morgan fingerprint density at radius 2 is 1.71 bits per heavy atom. The summed E-state index contributed by atoms with van der Waals surface area (Å²) in [6.45, 7) is 8.49. The summed E-state index contributed by atoms with van der Waals surface area (Å²) < 4.78 is 39.1. The molecule has 2 rings (SSSR count). The number of carbonyl (C=O) groups is 2. The fourth-order valence-electron chi connectivity index (χ4n) is 3.65. The van der Waals surface area contributed by atoms with Crippen LogP contribution in [0.15, 0.2) is 48.5 Å². The highest BCUT2D eigenvalue weighted by Gasteiger charge is 2.26. The number of amides is 2. The summed E-state index contributed by atoms with van der Waals surface area (Å²) in [6, 6.07) is 12.2. The van der Waals surface area contributed by atoms with Crippen molar-refractivity contribution in [1.29, 1.82) is 0 Å². The van der Waals surface area contributed by atoms with Crippen molar-refractivity contribution in [3.63, 3.8) is 0 Å². The summed E-state index contributed by atoms with van der Waals surface area (Å²) in [7, 11) is -3.63. The molecule has 0 aromatic heterocycles. The van der Waals surface area contributed by atoms with Crippen molar-refractivity contribution in [2.24, 2.45) is 5.92 Å². The molecule has 192 valence electrons. The number of anilines is 1. The largest absolute Gasteiger partial charge is 0.354 e. The van der Waals surface area contributed by atoms with Crippen LogP contribution in [-0.2, 0) is 26.2 Å². The molecule has 35 heavy (non-hydrogen) atoms. The van der Waals surface area contributed by atoms with Crippen molar-refractivity contribution < 1.29 is 22.4 Å². The Balaban J connectivity index is 2.15. The van der Waals surface area contributed by atoms with Gasteiger partial charge in [0.25, 0.3) is 0 Å². The number of halogens is 1. The highest BCUT2D eigenvalue weighted by Crippen LogP contribution is 2.20. The molecule has 0 bridgehead atoms. The standard InChI is InChI=1S/C26H36FN3O4S/c1-19(2)17-28-26(32)21(4)29(18-22-9-6-8-20(3)16-22)25(31)10-7-15-30(35(5,33)34)24-13-11-23(27)12-14-24/h6,8-9,11-14,16,19,21H,7,10,15,17-18H2,1-5H3,(H,28,32)/t21-/m1/s1. The van der Waals surface area contributed by atoms with Gasteiger partial charge in [0.05, 0.1) is 11.9 Å². The first kappa shape index (κ1) is 28.3. The van der Waals surface area contributed by atoms with E-state index in [0.29, 0.717) is 12.2 Å². The molecule has 0 aliphatic rings. The minimum absolute atomic E-state index is 0.0564. The van der Waals surface area contributed by atoms with Gasteiger partial charge in [0, 0.05) is 26.1 Å². The topological polar surface area (TPSA) is 86.8 Å². The van der Waals surface area contributed by atoms with E-state index in [2.05, 4.69) is 5.32 Å². The Kier molecular flexibility index (Phi) is 10.2. The lowest BCUT2D eigenvalue weighted by atomic mass is 10.1. The lowest BCUT2D eigenvalue weighted by molar-refractivity contribution is -0.140. The van der Waals surface area contributed by atoms with Crippen LogP contribution in [0.5, 0.6) is 0 Å². The quantitative estimate of drug-likeness (QED) is 0.475. The highest BCUT2D eigenvalue weighted by molar-refractivity contribution is 7.92. The van der Waals surface area contributed by atoms with Gasteiger partial charge in [-0.3, -0.25) is 13.9 Å². The van der Waals surface area contributed by atoms with E-state index in [4.69, 9.17) is 0 Å². The van der Waals surface area contributed by atoms with Gasteiger partial charge in [0.2, 0.25) is 21.8 Å². The molecule has 0 saturated carbocycles. The molecule has 0 saturated heterocycles. The maximum absolute atomic E-state index is 13.3. The van der Waals surface area contributed by atoms with E-state index in [0.717, 1.165) is 21.7 Å². The zero-order chi connectivity index (χ0) is 26.2. The van der Waals surface area contributed by atoms with Crippen molar-refractivity contribution in [1.82, 2.24) is 10.2 Å². The predicted octanol–water partition coefficient (Wildman–Crippen LogP) is 3.87. The third-order valence-corrected chi connectivity index (χ3v) is 6.75. The summed E-state index contributed by atoms with van der Waals surface area (Å²) in [5.41, 5.74) is 2.29. The first-order chi connectivity index (χ1) is 16.4. The average molecular weight is 506 g/mol. The molecule has 7 nitrogen and oxygen atoms in total. The average Bonchev–Trinajstić information content (AvgIpc) is 2.78. The third kappa shape index (κ3) is 8.98. The number of nitrogens with zero attached hydrogens (tertiary/aromatic N) is 2. The predicted molar refractivity (Wildman–Crippen MR) is 137 cm³/mol. The van der Waals surface area contributed by atoms with Crippen molar-refractivity contribution in [3.05, 3.63) is 65.5 Å². The summed E-state index contributed by atoms with van der Waals surface area (Å²) in [5, 5.41) is 2.88. The van der Waals surface area contributed by atoms with Crippen LogP contribution in [-0.4, -0.2) is 50.5 Å². The molecular formula is C26H36FN3O4S. The SMILES string of the molecule is Cc1cccc(CN(C(=O)CCCN(c2ccc(F)cc2)S(C)(=O)=O)[C@H](C)C(=O)NCC(C)C)c1. The maximum Gasteiger partial charge on any atom is 0.242 e. The normalized spacial score (nSPS) is 12.3. The van der Waals surface area contributed by atoms with Gasteiger partial charge in [0.15, 0.2) is 0 Å². The van der Waals surface area contributed by atoms with Crippen LogP contribution in [0, 0.1) is 18.7 Å². The van der Waals surface area contributed by atoms with Gasteiger partial charge < -0.3 is 10.2 Å². The number of sulfonamides is 1. The minimum atomic E-state index is -3.63. The number of aryl methyl sites for hydroxylation is 1. The van der Waals surface area contributed by atoms with Gasteiger partial charge in [-0.15, -0.1) is 0 Å². The van der Waals surface area contributed by atoms with E-state index >= 15 is 0 Å². The van der Waals surface area contributed by atoms with Crippen LogP contribution < -0.4 is 9.62 Å². The van der Waals surface area contributed by atoms with Crippen LogP contribution in [0.2, 0.25) is 0 Å². The smallest absolute Gasteiger partial charge is 0.242 e. The number of hydrogen-bond acceptors (Lipinski definition) is 4. The van der Waals surface area contributed by atoms with Crippen molar-refractivity contribution in [2.45, 2.75) is 53.1 Å². The molecule has 9 heteroatoms. The maximum atomic E-state index is 13.3. The molecule has 0 aliphatic heterocycles. The number of hydrogen-bond donors (Lipinski definition) is 1. The van der Waals surface area contributed by atoms with Gasteiger partial charge >= 0.3 is 0 Å². The Bertz CT molecular complexity index is 1100. The summed E-state index contributed by atoms with van der Waals surface area (Å²) >= 11 is 0. The Morgan fingerprint density at radius 1 is 1.06 bits per heavy atom. The van der Waals surface area contributed by atoms with Crippen LogP contribution in [0.1, 0.15) is 44.7 Å². The summed E-state index contributed by atoms with van der Waals surface area (Å²) in [5.74, 6) is -0.663. The van der Waals surface area contributed by atoms with Gasteiger partial charge in [-0.1, -0.05) is 43.7 Å². The molecule has 1 N–H and O–H groups in total. The van der Waals surface area contributed by atoms with Crippen molar-refractivity contribution in [2.75, 3.05) is 23.7 Å². The van der Waals surface area contributed by atoms with Crippen molar-refractivity contribution in [3.8, 4) is 0 Å². The highest BCUT2D eigenvalue weighted by atomic mass is 32.2. The van der Waals surface area contributed by atoms with Gasteiger partial charge in [0.1, 0.15) is 11.9 Å². The number of rotatable bonds is 12. The first-order valence-corrected chi connectivity index (χ1v) is 13.6. The summed E-state index contributed by atoms with van der Waals surface area (Å²) in [4.78, 5) is 27.5. The zero-order valence-corrected chi connectivity index (χ0v) is 21.9. The molecule has 2 aromatic carbocycles. The zero-order valence-electron chi connectivity index (χ0n) is 21.1. The second kappa shape index (κ2) is 12.7. The molecular weight excluding hydrogens is 469 g/mol. The third-order valence-electron chi connectivity index (χ3n) is 5.55. The second-order valence-electron chi connectivity index (χ2n) is 9.24.